The SMILES string of the molecule is CC(C)c1cccc(Nc2nc3cc(Oc4ccnc(NC(=O)CCC5CCN(C(C)C)CC5)c4)ccc3n2C)c1. The second kappa shape index (κ2) is 12.7. The lowest BCUT2D eigenvalue weighted by Gasteiger charge is -2.34. The number of likely N-dealkylation sites (tertiary alicyclic amines) is 1. The Morgan fingerprint density at radius 2 is 1.80 bits per heavy atom. The molecule has 0 bridgehead atoms. The molecule has 8 nitrogen and oxygen atoms in total. The van der Waals surface area contributed by atoms with Gasteiger partial charge in [0.1, 0.15) is 17.3 Å². The van der Waals surface area contributed by atoms with E-state index in [1.807, 2.05) is 29.8 Å². The van der Waals surface area contributed by atoms with Crippen LogP contribution in [0.2, 0.25) is 0 Å². The molecule has 2 aromatic carbocycles. The number of carbonyl (C=O) groups is 1. The number of rotatable bonds is 10. The van der Waals surface area contributed by atoms with Gasteiger partial charge in [-0.2, -0.15) is 0 Å². The van der Waals surface area contributed by atoms with E-state index in [-0.39, 0.29) is 5.91 Å². The number of aromatic nitrogens is 3. The Kier molecular flexibility index (Phi) is 8.88. The second-order valence-electron chi connectivity index (χ2n) is 11.7. The van der Waals surface area contributed by atoms with Crippen LogP contribution in [0.15, 0.2) is 60.8 Å². The summed E-state index contributed by atoms with van der Waals surface area (Å²) >= 11 is 0. The number of nitrogens with zero attached hydrogens (tertiary/aromatic N) is 4. The first-order chi connectivity index (χ1) is 19.7. The van der Waals surface area contributed by atoms with E-state index >= 15 is 0 Å². The number of hydrogen-bond acceptors (Lipinski definition) is 6. The van der Waals surface area contributed by atoms with Gasteiger partial charge in [0.2, 0.25) is 11.9 Å². The summed E-state index contributed by atoms with van der Waals surface area (Å²) in [7, 11) is 2.00. The van der Waals surface area contributed by atoms with Crippen LogP contribution in [0.3, 0.4) is 0 Å². The van der Waals surface area contributed by atoms with Gasteiger partial charge in [0.05, 0.1) is 11.0 Å². The number of anilines is 3. The molecule has 1 amide bonds. The highest BCUT2D eigenvalue weighted by atomic mass is 16.5. The molecule has 41 heavy (non-hydrogen) atoms. The second-order valence-corrected chi connectivity index (χ2v) is 11.7. The van der Waals surface area contributed by atoms with Crippen molar-refractivity contribution >= 4 is 34.4 Å². The third-order valence-corrected chi connectivity index (χ3v) is 8.06. The number of nitrogens with one attached hydrogen (secondary N) is 2. The van der Waals surface area contributed by atoms with Crippen LogP contribution in [0, 0.1) is 5.92 Å². The molecule has 5 rings (SSSR count). The van der Waals surface area contributed by atoms with E-state index in [2.05, 4.69) is 72.5 Å². The lowest BCUT2D eigenvalue weighted by molar-refractivity contribution is -0.116. The lowest BCUT2D eigenvalue weighted by Crippen LogP contribution is -2.38. The molecule has 1 aliphatic rings. The summed E-state index contributed by atoms with van der Waals surface area (Å²) in [5, 5.41) is 6.39. The van der Waals surface area contributed by atoms with Crippen LogP contribution in [-0.4, -0.2) is 44.5 Å². The van der Waals surface area contributed by atoms with Crippen molar-refractivity contribution in [3.8, 4) is 11.5 Å². The molecule has 2 aromatic heterocycles. The van der Waals surface area contributed by atoms with Crippen LogP contribution >= 0.6 is 0 Å². The van der Waals surface area contributed by atoms with E-state index in [0.717, 1.165) is 55.0 Å². The quantitative estimate of drug-likeness (QED) is 0.212. The van der Waals surface area contributed by atoms with Gasteiger partial charge < -0.3 is 24.8 Å². The minimum Gasteiger partial charge on any atom is -0.457 e. The molecule has 0 saturated carbocycles. The smallest absolute Gasteiger partial charge is 0.225 e. The van der Waals surface area contributed by atoms with Crippen molar-refractivity contribution < 1.29 is 9.53 Å². The minimum absolute atomic E-state index is 0.00481. The van der Waals surface area contributed by atoms with Crippen molar-refractivity contribution in [1.82, 2.24) is 19.4 Å². The average Bonchev–Trinajstić information content (AvgIpc) is 3.26. The highest BCUT2D eigenvalue weighted by Crippen LogP contribution is 2.30. The number of pyridine rings is 1. The molecule has 0 aliphatic carbocycles. The zero-order valence-electron chi connectivity index (χ0n) is 24.9. The maximum Gasteiger partial charge on any atom is 0.225 e. The largest absolute Gasteiger partial charge is 0.457 e. The molecule has 0 spiro atoms. The molecule has 1 fully saturated rings. The van der Waals surface area contributed by atoms with E-state index in [1.54, 1.807) is 18.3 Å². The fourth-order valence-electron chi connectivity index (χ4n) is 5.44. The van der Waals surface area contributed by atoms with E-state index in [4.69, 9.17) is 9.72 Å². The molecule has 1 aliphatic heterocycles. The predicted molar refractivity (Wildman–Crippen MR) is 166 cm³/mol. The van der Waals surface area contributed by atoms with Gasteiger partial charge in [-0.25, -0.2) is 9.97 Å². The molecule has 0 unspecified atom stereocenters. The van der Waals surface area contributed by atoms with Gasteiger partial charge in [0.25, 0.3) is 0 Å². The molecular formula is C33H42N6O2. The highest BCUT2D eigenvalue weighted by Gasteiger charge is 2.21. The van der Waals surface area contributed by atoms with E-state index in [9.17, 15) is 4.79 Å². The Morgan fingerprint density at radius 1 is 1.02 bits per heavy atom. The molecular weight excluding hydrogens is 512 g/mol. The Labute approximate surface area is 243 Å². The summed E-state index contributed by atoms with van der Waals surface area (Å²) in [4.78, 5) is 24.3. The topological polar surface area (TPSA) is 84.3 Å². The highest BCUT2D eigenvalue weighted by molar-refractivity contribution is 5.89. The Hall–Kier alpha value is -3.91. The van der Waals surface area contributed by atoms with Gasteiger partial charge >= 0.3 is 0 Å². The molecule has 8 heteroatoms. The van der Waals surface area contributed by atoms with Gasteiger partial charge in [0, 0.05) is 43.5 Å². The predicted octanol–water partition coefficient (Wildman–Crippen LogP) is 7.47. The molecule has 0 atom stereocenters. The number of carbonyl (C=O) groups excluding carboxylic acids is 1. The molecule has 1 saturated heterocycles. The summed E-state index contributed by atoms with van der Waals surface area (Å²) in [6, 6.07) is 18.4. The number of piperidine rings is 1. The van der Waals surface area contributed by atoms with E-state index in [0.29, 0.717) is 41.6 Å². The summed E-state index contributed by atoms with van der Waals surface area (Å²) in [6.45, 7) is 11.1. The van der Waals surface area contributed by atoms with Crippen LogP contribution in [0.1, 0.15) is 64.9 Å². The molecule has 0 radical (unpaired) electrons. The maximum atomic E-state index is 12.6. The van der Waals surface area contributed by atoms with Crippen LogP contribution in [0.25, 0.3) is 11.0 Å². The van der Waals surface area contributed by atoms with Crippen molar-refractivity contribution in [1.29, 1.82) is 0 Å². The van der Waals surface area contributed by atoms with Gasteiger partial charge in [-0.15, -0.1) is 0 Å². The van der Waals surface area contributed by atoms with E-state index in [1.165, 1.54) is 5.56 Å². The molecule has 3 heterocycles. The molecule has 4 aromatic rings. The van der Waals surface area contributed by atoms with Gasteiger partial charge in [-0.1, -0.05) is 26.0 Å². The van der Waals surface area contributed by atoms with Gasteiger partial charge in [-0.3, -0.25) is 4.79 Å². The first-order valence-electron chi connectivity index (χ1n) is 14.8. The monoisotopic (exact) mass is 554 g/mol. The van der Waals surface area contributed by atoms with Crippen molar-refractivity contribution in [2.24, 2.45) is 13.0 Å². The number of fused-ring (bicyclic) bond motifs is 1. The van der Waals surface area contributed by atoms with Crippen LogP contribution in [0.5, 0.6) is 11.5 Å². The van der Waals surface area contributed by atoms with Crippen molar-refractivity contribution in [2.75, 3.05) is 23.7 Å². The average molecular weight is 555 g/mol. The zero-order chi connectivity index (χ0) is 28.9. The Balaban J connectivity index is 1.19. The van der Waals surface area contributed by atoms with Gasteiger partial charge in [0.15, 0.2) is 0 Å². The van der Waals surface area contributed by atoms with Crippen molar-refractivity contribution in [3.63, 3.8) is 0 Å². The fraction of sp³-hybridized carbons (Fsp3) is 0.424. The Morgan fingerprint density at radius 3 is 2.56 bits per heavy atom. The van der Waals surface area contributed by atoms with Crippen molar-refractivity contribution in [3.05, 3.63) is 66.4 Å². The zero-order valence-corrected chi connectivity index (χ0v) is 24.9. The first-order valence-corrected chi connectivity index (χ1v) is 14.8. The van der Waals surface area contributed by atoms with Crippen LogP contribution < -0.4 is 15.4 Å². The summed E-state index contributed by atoms with van der Waals surface area (Å²) < 4.78 is 8.17. The number of aryl methyl sites for hydroxylation is 1. The molecule has 2 N–H and O–H groups in total. The minimum atomic E-state index is -0.00481. The summed E-state index contributed by atoms with van der Waals surface area (Å²) in [5.41, 5.74) is 4.11. The summed E-state index contributed by atoms with van der Waals surface area (Å²) in [5.74, 6) is 3.59. The van der Waals surface area contributed by atoms with E-state index < -0.39 is 0 Å². The van der Waals surface area contributed by atoms with Crippen LogP contribution in [0.4, 0.5) is 17.5 Å². The normalized spacial score (nSPS) is 14.6. The first kappa shape index (κ1) is 28.6. The molecule has 216 valence electrons. The lowest BCUT2D eigenvalue weighted by atomic mass is 9.91. The number of benzene rings is 2. The number of imidazole rings is 1. The fourth-order valence-corrected chi connectivity index (χ4v) is 5.44. The number of amides is 1. The third-order valence-electron chi connectivity index (χ3n) is 8.06. The number of ether oxygens (including phenoxy) is 1. The standard InChI is InChI=1S/C33H42N6O2/c1-22(2)25-7-6-8-26(19-25)35-33-36-29-20-27(10-11-30(29)38(33)5)41-28-13-16-34-31(21-28)37-32(40)12-9-24-14-17-39(18-15-24)23(3)4/h6-8,10-11,13,16,19-24H,9,12,14-15,17-18H2,1-5H3,(H,35,36)(H,34,37,40). The Bertz CT molecular complexity index is 1490. The van der Waals surface area contributed by atoms with Gasteiger partial charge in [-0.05, 0) is 93.9 Å². The summed E-state index contributed by atoms with van der Waals surface area (Å²) in [6.07, 6.45) is 5.40. The van der Waals surface area contributed by atoms with Crippen molar-refractivity contribution in [2.45, 2.75) is 65.3 Å². The number of hydrogen-bond donors (Lipinski definition) is 2. The maximum absolute atomic E-state index is 12.6. The third kappa shape index (κ3) is 7.24. The van der Waals surface area contributed by atoms with Crippen LogP contribution in [-0.2, 0) is 11.8 Å².